The third-order valence-electron chi connectivity index (χ3n) is 5.28. The van der Waals surface area contributed by atoms with Crippen molar-refractivity contribution in [1.82, 2.24) is 5.32 Å². The first kappa shape index (κ1) is 12.9. The molecule has 0 saturated heterocycles. The van der Waals surface area contributed by atoms with E-state index in [1.165, 1.54) is 19.3 Å². The summed E-state index contributed by atoms with van der Waals surface area (Å²) in [5.41, 5.74) is -0.405. The molecular weight excluding hydrogens is 249 g/mol. The molecule has 0 aromatic carbocycles. The fraction of sp³-hybridized carbons (Fsp3) is 0.857. The molecule has 5 heteroatoms. The lowest BCUT2D eigenvalue weighted by Gasteiger charge is -2.55. The summed E-state index contributed by atoms with van der Waals surface area (Å²) in [7, 11) is 0. The fourth-order valence-electron chi connectivity index (χ4n) is 4.87. The van der Waals surface area contributed by atoms with Gasteiger partial charge in [-0.3, -0.25) is 4.79 Å². The Labute approximate surface area is 111 Å². The molecule has 0 spiro atoms. The van der Waals surface area contributed by atoms with Gasteiger partial charge in [0, 0.05) is 5.41 Å². The van der Waals surface area contributed by atoms with E-state index in [0.717, 1.165) is 19.3 Å². The highest BCUT2D eigenvalue weighted by Crippen LogP contribution is 2.60. The van der Waals surface area contributed by atoms with Gasteiger partial charge in [-0.1, -0.05) is 0 Å². The lowest BCUT2D eigenvalue weighted by atomic mass is 9.49. The monoisotopic (exact) mass is 269 g/mol. The number of alkyl halides is 1. The summed E-state index contributed by atoms with van der Waals surface area (Å²) in [6.07, 6.45) is 6.25. The standard InChI is InChI=1S/C14H20FNO3/c15-7-11(12(17)18)16-13(19)14-4-8-1-9(5-14)3-10(2-8)6-14/h8-11H,1-7H2,(H,16,19)(H,17,18). The molecule has 2 N–H and O–H groups in total. The van der Waals surface area contributed by atoms with Gasteiger partial charge in [0.15, 0.2) is 6.04 Å². The molecule has 1 unspecified atom stereocenters. The number of carboxylic acid groups (broad SMARTS) is 1. The predicted octanol–water partition coefficient (Wildman–Crippen LogP) is 1.74. The van der Waals surface area contributed by atoms with Gasteiger partial charge in [0.2, 0.25) is 5.91 Å². The Kier molecular flexibility index (Phi) is 3.02. The first-order valence-corrected chi connectivity index (χ1v) is 7.12. The second-order valence-corrected chi connectivity index (χ2v) is 6.72. The number of nitrogens with one attached hydrogen (secondary N) is 1. The number of halogens is 1. The zero-order valence-electron chi connectivity index (χ0n) is 10.9. The zero-order valence-corrected chi connectivity index (χ0v) is 10.9. The summed E-state index contributed by atoms with van der Waals surface area (Å²) < 4.78 is 12.6. The van der Waals surface area contributed by atoms with Gasteiger partial charge in [-0.15, -0.1) is 0 Å². The SMILES string of the molecule is O=C(O)C(CF)NC(=O)C12CC3CC(CC(C3)C1)C2. The van der Waals surface area contributed by atoms with Crippen LogP contribution in [0.1, 0.15) is 38.5 Å². The maximum absolute atomic E-state index is 12.6. The van der Waals surface area contributed by atoms with E-state index in [0.29, 0.717) is 17.8 Å². The van der Waals surface area contributed by atoms with Crippen LogP contribution >= 0.6 is 0 Å². The van der Waals surface area contributed by atoms with Crippen molar-refractivity contribution in [2.75, 3.05) is 6.67 Å². The van der Waals surface area contributed by atoms with E-state index in [1.807, 2.05) is 0 Å². The number of amides is 1. The first-order chi connectivity index (χ1) is 9.02. The molecule has 4 aliphatic rings. The topological polar surface area (TPSA) is 66.4 Å². The van der Waals surface area contributed by atoms with E-state index in [-0.39, 0.29) is 5.91 Å². The van der Waals surface area contributed by atoms with Crippen LogP contribution in [0.4, 0.5) is 4.39 Å². The van der Waals surface area contributed by atoms with Gasteiger partial charge in [0.1, 0.15) is 6.67 Å². The van der Waals surface area contributed by atoms with Crippen LogP contribution in [0.3, 0.4) is 0 Å². The first-order valence-electron chi connectivity index (χ1n) is 7.12. The molecular formula is C14H20FNO3. The van der Waals surface area contributed by atoms with Gasteiger partial charge >= 0.3 is 5.97 Å². The number of aliphatic carboxylic acids is 1. The van der Waals surface area contributed by atoms with E-state index in [9.17, 15) is 14.0 Å². The molecule has 1 amide bonds. The molecule has 0 aromatic rings. The van der Waals surface area contributed by atoms with E-state index < -0.39 is 24.1 Å². The Morgan fingerprint density at radius 3 is 2.00 bits per heavy atom. The molecule has 4 aliphatic carbocycles. The minimum Gasteiger partial charge on any atom is -0.480 e. The van der Waals surface area contributed by atoms with Crippen LogP contribution < -0.4 is 5.32 Å². The van der Waals surface area contributed by atoms with Crippen LogP contribution in [0.5, 0.6) is 0 Å². The van der Waals surface area contributed by atoms with Gasteiger partial charge < -0.3 is 10.4 Å². The van der Waals surface area contributed by atoms with E-state index in [2.05, 4.69) is 5.32 Å². The Bertz CT molecular complexity index is 374. The lowest BCUT2D eigenvalue weighted by Crippen LogP contribution is -2.56. The summed E-state index contributed by atoms with van der Waals surface area (Å²) in [5.74, 6) is 0.333. The smallest absolute Gasteiger partial charge is 0.328 e. The number of carboxylic acids is 1. The Morgan fingerprint density at radius 2 is 1.63 bits per heavy atom. The van der Waals surface area contributed by atoms with Gasteiger partial charge in [0.05, 0.1) is 0 Å². The van der Waals surface area contributed by atoms with Crippen molar-refractivity contribution >= 4 is 11.9 Å². The summed E-state index contributed by atoms with van der Waals surface area (Å²) >= 11 is 0. The minimum atomic E-state index is -1.39. The average molecular weight is 269 g/mol. The van der Waals surface area contributed by atoms with E-state index >= 15 is 0 Å². The number of hydrogen-bond acceptors (Lipinski definition) is 2. The van der Waals surface area contributed by atoms with Crippen molar-refractivity contribution in [3.8, 4) is 0 Å². The lowest BCUT2D eigenvalue weighted by molar-refractivity contribution is -0.151. The molecule has 4 bridgehead atoms. The Morgan fingerprint density at radius 1 is 1.16 bits per heavy atom. The summed E-state index contributed by atoms with van der Waals surface area (Å²) in [6, 6.07) is -1.39. The van der Waals surface area contributed by atoms with Crippen molar-refractivity contribution in [3.05, 3.63) is 0 Å². The minimum absolute atomic E-state index is 0.225. The largest absolute Gasteiger partial charge is 0.480 e. The summed E-state index contributed by atoms with van der Waals surface area (Å²) in [6.45, 7) is -1.05. The Hall–Kier alpha value is -1.13. The second kappa shape index (κ2) is 4.46. The second-order valence-electron chi connectivity index (χ2n) is 6.72. The predicted molar refractivity (Wildman–Crippen MR) is 66.1 cm³/mol. The maximum atomic E-state index is 12.6. The molecule has 1 atom stereocenters. The average Bonchev–Trinajstić information content (AvgIpc) is 2.33. The number of carbonyl (C=O) groups excluding carboxylic acids is 1. The van der Waals surface area contributed by atoms with Gasteiger partial charge in [-0.05, 0) is 56.3 Å². The third kappa shape index (κ3) is 2.13. The van der Waals surface area contributed by atoms with Crippen LogP contribution in [0.2, 0.25) is 0 Å². The van der Waals surface area contributed by atoms with Gasteiger partial charge in [-0.25, -0.2) is 9.18 Å². The van der Waals surface area contributed by atoms with Crippen LogP contribution in [0, 0.1) is 23.2 Å². The quantitative estimate of drug-likeness (QED) is 0.817. The number of hydrogen-bond donors (Lipinski definition) is 2. The van der Waals surface area contributed by atoms with Crippen molar-refractivity contribution < 1.29 is 19.1 Å². The third-order valence-corrected chi connectivity index (χ3v) is 5.28. The maximum Gasteiger partial charge on any atom is 0.328 e. The van der Waals surface area contributed by atoms with Crippen molar-refractivity contribution in [2.24, 2.45) is 23.2 Å². The number of rotatable bonds is 4. The molecule has 0 aliphatic heterocycles. The molecule has 0 heterocycles. The highest BCUT2D eigenvalue weighted by Gasteiger charge is 2.54. The normalized spacial score (nSPS) is 41.0. The van der Waals surface area contributed by atoms with Crippen LogP contribution in [0.25, 0.3) is 0 Å². The van der Waals surface area contributed by atoms with Crippen molar-refractivity contribution in [2.45, 2.75) is 44.6 Å². The van der Waals surface area contributed by atoms with Crippen LogP contribution in [0.15, 0.2) is 0 Å². The highest BCUT2D eigenvalue weighted by atomic mass is 19.1. The molecule has 0 aromatic heterocycles. The molecule has 19 heavy (non-hydrogen) atoms. The molecule has 0 radical (unpaired) electrons. The molecule has 4 saturated carbocycles. The van der Waals surface area contributed by atoms with Crippen LogP contribution in [-0.4, -0.2) is 29.7 Å². The molecule has 4 rings (SSSR count). The Balaban J connectivity index is 1.74. The van der Waals surface area contributed by atoms with Crippen molar-refractivity contribution in [1.29, 1.82) is 0 Å². The highest BCUT2D eigenvalue weighted by molar-refractivity contribution is 5.87. The van der Waals surface area contributed by atoms with Crippen molar-refractivity contribution in [3.63, 3.8) is 0 Å². The molecule has 4 nitrogen and oxygen atoms in total. The molecule has 106 valence electrons. The zero-order chi connectivity index (χ0) is 13.6. The summed E-state index contributed by atoms with van der Waals surface area (Å²) in [4.78, 5) is 23.3. The number of carbonyl (C=O) groups is 2. The van der Waals surface area contributed by atoms with Gasteiger partial charge in [-0.2, -0.15) is 0 Å². The fourth-order valence-corrected chi connectivity index (χ4v) is 4.87. The van der Waals surface area contributed by atoms with Crippen LogP contribution in [-0.2, 0) is 9.59 Å². The van der Waals surface area contributed by atoms with E-state index in [4.69, 9.17) is 5.11 Å². The summed E-state index contributed by atoms with van der Waals surface area (Å²) in [5, 5.41) is 11.3. The molecule has 4 fully saturated rings. The van der Waals surface area contributed by atoms with Gasteiger partial charge in [0.25, 0.3) is 0 Å². The van der Waals surface area contributed by atoms with E-state index in [1.54, 1.807) is 0 Å².